The van der Waals surface area contributed by atoms with Gasteiger partial charge in [-0.1, -0.05) is 60.7 Å². The number of aromatic nitrogens is 4. The maximum Gasteiger partial charge on any atom is 0.401 e. The minimum atomic E-state index is -4.31. The molecule has 0 atom stereocenters. The molecule has 15 heteroatoms. The molecule has 0 fully saturated rings. The van der Waals surface area contributed by atoms with E-state index in [-0.39, 0.29) is 12.1 Å². The lowest BCUT2D eigenvalue weighted by Crippen LogP contribution is -2.35. The summed E-state index contributed by atoms with van der Waals surface area (Å²) in [7, 11) is 0. The molecule has 6 aromatic rings. The van der Waals surface area contributed by atoms with E-state index in [1.807, 2.05) is 66.9 Å². The first-order valence-corrected chi connectivity index (χ1v) is 17.1. The third kappa shape index (κ3) is 11.2. The Kier molecular flexibility index (Phi) is 13.0. The molecular formula is C40H41F3N8O4. The van der Waals surface area contributed by atoms with Crippen molar-refractivity contribution < 1.29 is 33.2 Å². The number of hydroxylamine groups is 2. The Balaban J connectivity index is 0.000000211. The summed E-state index contributed by atoms with van der Waals surface area (Å²) in [6.07, 6.45) is 4.87. The molecule has 4 heterocycles. The highest BCUT2D eigenvalue weighted by molar-refractivity contribution is 5.91. The number of benzene rings is 2. The van der Waals surface area contributed by atoms with Crippen molar-refractivity contribution in [1.29, 1.82) is 0 Å². The van der Waals surface area contributed by atoms with Crippen LogP contribution < -0.4 is 21.6 Å². The molecule has 0 saturated heterocycles. The molecule has 0 aliphatic rings. The van der Waals surface area contributed by atoms with Crippen molar-refractivity contribution in [3.63, 3.8) is 0 Å². The van der Waals surface area contributed by atoms with Crippen molar-refractivity contribution in [2.24, 2.45) is 0 Å². The fourth-order valence-corrected chi connectivity index (χ4v) is 5.51. The van der Waals surface area contributed by atoms with Gasteiger partial charge in [0.25, 0.3) is 11.8 Å². The number of rotatable bonds is 11. The van der Waals surface area contributed by atoms with E-state index in [0.717, 1.165) is 39.8 Å². The summed E-state index contributed by atoms with van der Waals surface area (Å²) in [6.45, 7) is 5.95. The summed E-state index contributed by atoms with van der Waals surface area (Å²) >= 11 is 0. The van der Waals surface area contributed by atoms with Crippen LogP contribution in [-0.4, -0.2) is 59.3 Å². The fourth-order valence-electron chi connectivity index (χ4n) is 5.51. The molecule has 6 N–H and O–H groups in total. The van der Waals surface area contributed by atoms with Gasteiger partial charge in [0.15, 0.2) is 0 Å². The van der Waals surface area contributed by atoms with Gasteiger partial charge >= 0.3 is 6.18 Å². The zero-order chi connectivity index (χ0) is 39.6. The molecule has 2 aromatic carbocycles. The van der Waals surface area contributed by atoms with Crippen LogP contribution >= 0.6 is 0 Å². The second-order valence-corrected chi connectivity index (χ2v) is 13.4. The van der Waals surface area contributed by atoms with Gasteiger partial charge in [-0.15, -0.1) is 0 Å². The average Bonchev–Trinajstić information content (AvgIpc) is 3.72. The lowest BCUT2D eigenvalue weighted by atomic mass is 10.1. The van der Waals surface area contributed by atoms with E-state index in [0.29, 0.717) is 29.1 Å². The number of carbonyl (C=O) groups excluding carboxylic acids is 2. The zero-order valence-corrected chi connectivity index (χ0v) is 30.3. The van der Waals surface area contributed by atoms with Gasteiger partial charge in [-0.2, -0.15) is 13.2 Å². The largest absolute Gasteiger partial charge is 0.401 e. The number of amides is 2. The molecule has 0 radical (unpaired) electrons. The summed E-state index contributed by atoms with van der Waals surface area (Å²) in [5.74, 6) is -1.25. The minimum absolute atomic E-state index is 0.0154. The van der Waals surface area contributed by atoms with Crippen molar-refractivity contribution in [3.05, 3.63) is 132 Å². The second-order valence-electron chi connectivity index (χ2n) is 13.4. The SMILES string of the molecule is CC(C)(C)NCc1c(-c2ccccc2)nc2cc(C=CC(=O)NO)ccn12.O=C(C=Cc1ccn2c(CNCC(F)(F)F)c(-c3ccccc3)nc2c1)NO. The Hall–Kier alpha value is -6.13. The van der Waals surface area contributed by atoms with E-state index in [2.05, 4.69) is 52.9 Å². The molecule has 0 bridgehead atoms. The first-order chi connectivity index (χ1) is 26.2. The molecule has 12 nitrogen and oxygen atoms in total. The predicted molar refractivity (Wildman–Crippen MR) is 204 cm³/mol. The maximum absolute atomic E-state index is 12.5. The number of nitrogens with zero attached hydrogens (tertiary/aromatic N) is 4. The maximum atomic E-state index is 12.5. The summed E-state index contributed by atoms with van der Waals surface area (Å²) in [6, 6.07) is 26.5. The molecule has 4 aromatic heterocycles. The Morgan fingerprint density at radius 1 is 0.691 bits per heavy atom. The van der Waals surface area contributed by atoms with E-state index in [1.54, 1.807) is 34.3 Å². The number of hydrogen-bond donors (Lipinski definition) is 6. The van der Waals surface area contributed by atoms with Crippen LogP contribution in [0.1, 0.15) is 43.3 Å². The van der Waals surface area contributed by atoms with Crippen LogP contribution in [0.2, 0.25) is 0 Å². The Bertz CT molecular complexity index is 2290. The monoisotopic (exact) mass is 754 g/mol. The van der Waals surface area contributed by atoms with E-state index in [1.165, 1.54) is 17.6 Å². The number of imidazole rings is 2. The van der Waals surface area contributed by atoms with Gasteiger partial charge in [0.05, 0.1) is 29.3 Å². The number of pyridine rings is 2. The van der Waals surface area contributed by atoms with Gasteiger partial charge in [-0.25, -0.2) is 20.9 Å². The number of alkyl halides is 3. The third-order valence-electron chi connectivity index (χ3n) is 8.07. The molecule has 0 spiro atoms. The highest BCUT2D eigenvalue weighted by atomic mass is 19.4. The molecule has 0 aliphatic carbocycles. The normalized spacial score (nSPS) is 12.0. The van der Waals surface area contributed by atoms with Gasteiger partial charge in [-0.05, 0) is 68.3 Å². The first-order valence-electron chi connectivity index (χ1n) is 17.1. The molecule has 6 rings (SSSR count). The van der Waals surface area contributed by atoms with Crippen molar-refractivity contribution in [2.45, 2.75) is 45.6 Å². The van der Waals surface area contributed by atoms with Crippen molar-refractivity contribution in [3.8, 4) is 22.5 Å². The quantitative estimate of drug-likeness (QED) is 0.0492. The van der Waals surface area contributed by atoms with Crippen LogP contribution in [0.15, 0.2) is 109 Å². The van der Waals surface area contributed by atoms with Crippen LogP contribution in [0.5, 0.6) is 0 Å². The lowest BCUT2D eigenvalue weighted by Gasteiger charge is -2.20. The number of halogens is 3. The number of hydrogen-bond acceptors (Lipinski definition) is 8. The van der Waals surface area contributed by atoms with E-state index < -0.39 is 24.5 Å². The van der Waals surface area contributed by atoms with Crippen LogP contribution in [0, 0.1) is 0 Å². The van der Waals surface area contributed by atoms with Crippen molar-refractivity contribution in [1.82, 2.24) is 40.4 Å². The van der Waals surface area contributed by atoms with Gasteiger partial charge in [0, 0.05) is 54.3 Å². The van der Waals surface area contributed by atoms with Crippen LogP contribution in [0.4, 0.5) is 13.2 Å². The topological polar surface area (TPSA) is 157 Å². The number of fused-ring (bicyclic) bond motifs is 2. The summed E-state index contributed by atoms with van der Waals surface area (Å²) in [5.41, 5.74) is 10.9. The van der Waals surface area contributed by atoms with Crippen molar-refractivity contribution >= 4 is 35.3 Å². The summed E-state index contributed by atoms with van der Waals surface area (Å²) in [4.78, 5) is 31.7. The number of carbonyl (C=O) groups is 2. The fraction of sp³-hybridized carbons (Fsp3) is 0.200. The molecular weight excluding hydrogens is 713 g/mol. The van der Waals surface area contributed by atoms with Crippen LogP contribution in [-0.2, 0) is 22.7 Å². The van der Waals surface area contributed by atoms with Gasteiger partial charge in [-0.3, -0.25) is 20.0 Å². The van der Waals surface area contributed by atoms with Crippen molar-refractivity contribution in [2.75, 3.05) is 6.54 Å². The van der Waals surface area contributed by atoms with E-state index in [9.17, 15) is 22.8 Å². The average molecular weight is 755 g/mol. The highest BCUT2D eigenvalue weighted by Gasteiger charge is 2.27. The molecule has 0 aliphatic heterocycles. The van der Waals surface area contributed by atoms with Crippen LogP contribution in [0.3, 0.4) is 0 Å². The lowest BCUT2D eigenvalue weighted by molar-refractivity contribution is -0.125. The summed E-state index contributed by atoms with van der Waals surface area (Å²) in [5, 5.41) is 23.1. The van der Waals surface area contributed by atoms with Gasteiger partial charge in [0.2, 0.25) is 0 Å². The highest BCUT2D eigenvalue weighted by Crippen LogP contribution is 2.27. The second kappa shape index (κ2) is 17.8. The zero-order valence-electron chi connectivity index (χ0n) is 30.3. The third-order valence-corrected chi connectivity index (χ3v) is 8.07. The number of nitrogens with one attached hydrogen (secondary N) is 4. The van der Waals surface area contributed by atoms with Gasteiger partial charge < -0.3 is 19.4 Å². The Morgan fingerprint density at radius 2 is 1.13 bits per heavy atom. The standard InChI is InChI=1S/C21H24N4O2.C19H17F3N4O2/c1-21(2,3)22-14-17-20(16-7-5-4-6-8-16)23-18-13-15(11-12-25(17)18)9-10-19(26)24-27;20-19(21,22)12-23-11-15-18(14-4-2-1-3-5-14)24-16-10-13(8-9-26(15)16)6-7-17(27)25-28/h4-13,22,27H,14H2,1-3H3,(H,24,26);1-10,23,28H,11-12H2,(H,25,27). The minimum Gasteiger partial charge on any atom is -0.306 e. The molecule has 0 unspecified atom stereocenters. The molecule has 286 valence electrons. The summed E-state index contributed by atoms with van der Waals surface area (Å²) < 4.78 is 41.3. The van der Waals surface area contributed by atoms with Crippen LogP contribution in [0.25, 0.3) is 46.0 Å². The Labute approximate surface area is 315 Å². The molecule has 55 heavy (non-hydrogen) atoms. The Morgan fingerprint density at radius 3 is 1.53 bits per heavy atom. The molecule has 2 amide bonds. The van der Waals surface area contributed by atoms with Gasteiger partial charge in [0.1, 0.15) is 11.3 Å². The predicted octanol–water partition coefficient (Wildman–Crippen LogP) is 6.58. The molecule has 0 saturated carbocycles. The van der Waals surface area contributed by atoms with E-state index in [4.69, 9.17) is 15.4 Å². The smallest absolute Gasteiger partial charge is 0.306 e. The van der Waals surface area contributed by atoms with E-state index >= 15 is 0 Å². The first kappa shape index (κ1) is 40.1.